The highest BCUT2D eigenvalue weighted by Gasteiger charge is 2.09. The summed E-state index contributed by atoms with van der Waals surface area (Å²) in [5.74, 6) is -0.177. The molecule has 1 aromatic rings. The van der Waals surface area contributed by atoms with Crippen molar-refractivity contribution >= 4 is 21.8 Å². The molecule has 0 bridgehead atoms. The second kappa shape index (κ2) is 6.74. The van der Waals surface area contributed by atoms with Crippen LogP contribution in [0.5, 0.6) is 0 Å². The number of aliphatic hydroxyl groups is 1. The van der Waals surface area contributed by atoms with Gasteiger partial charge in [-0.2, -0.15) is 0 Å². The van der Waals surface area contributed by atoms with Crippen LogP contribution in [0.2, 0.25) is 0 Å². The molecule has 2 N–H and O–H groups in total. The van der Waals surface area contributed by atoms with Crippen molar-refractivity contribution in [3.05, 3.63) is 34.3 Å². The summed E-state index contributed by atoms with van der Waals surface area (Å²) in [4.78, 5) is 13.6. The van der Waals surface area contributed by atoms with Crippen LogP contribution in [0.1, 0.15) is 10.4 Å². The van der Waals surface area contributed by atoms with Gasteiger partial charge in [-0.15, -0.1) is 0 Å². The Kier molecular flexibility index (Phi) is 5.61. The molecule has 0 spiro atoms. The quantitative estimate of drug-likeness (QED) is 0.856. The standard InChI is InChI=1S/C12H17BrN2O2/c1-15(2)8-11(16)7-14-12(17)9-4-3-5-10(13)6-9/h3-6,11,16H,7-8H2,1-2H3,(H,14,17). The number of nitrogens with one attached hydrogen (secondary N) is 1. The molecule has 1 amide bonds. The van der Waals surface area contributed by atoms with Gasteiger partial charge in [0, 0.05) is 23.1 Å². The molecular formula is C12H17BrN2O2. The predicted molar refractivity (Wildman–Crippen MR) is 71.0 cm³/mol. The Hall–Kier alpha value is -0.910. The molecule has 0 aromatic heterocycles. The van der Waals surface area contributed by atoms with Gasteiger partial charge in [0.15, 0.2) is 0 Å². The van der Waals surface area contributed by atoms with Gasteiger partial charge in [0.05, 0.1) is 6.10 Å². The monoisotopic (exact) mass is 300 g/mol. The normalized spacial score (nSPS) is 12.5. The molecule has 0 saturated heterocycles. The molecule has 0 fully saturated rings. The Morgan fingerprint density at radius 1 is 1.53 bits per heavy atom. The molecule has 1 aromatic carbocycles. The van der Waals surface area contributed by atoms with Crippen molar-refractivity contribution in [1.29, 1.82) is 0 Å². The lowest BCUT2D eigenvalue weighted by Crippen LogP contribution is -2.37. The van der Waals surface area contributed by atoms with Crippen LogP contribution in [0.3, 0.4) is 0 Å². The van der Waals surface area contributed by atoms with Gasteiger partial charge in [0.25, 0.3) is 5.91 Å². The third-order valence-electron chi connectivity index (χ3n) is 2.16. The first-order chi connectivity index (χ1) is 7.99. The fourth-order valence-corrected chi connectivity index (χ4v) is 1.83. The molecule has 0 aliphatic carbocycles. The van der Waals surface area contributed by atoms with Crippen LogP contribution in [0, 0.1) is 0 Å². The van der Waals surface area contributed by atoms with Crippen molar-refractivity contribution < 1.29 is 9.90 Å². The van der Waals surface area contributed by atoms with E-state index in [1.54, 1.807) is 18.2 Å². The van der Waals surface area contributed by atoms with E-state index >= 15 is 0 Å². The molecule has 1 atom stereocenters. The van der Waals surface area contributed by atoms with Crippen molar-refractivity contribution in [2.24, 2.45) is 0 Å². The molecule has 0 aliphatic rings. The lowest BCUT2D eigenvalue weighted by atomic mass is 10.2. The smallest absolute Gasteiger partial charge is 0.251 e. The summed E-state index contributed by atoms with van der Waals surface area (Å²) < 4.78 is 0.860. The van der Waals surface area contributed by atoms with E-state index in [9.17, 15) is 9.90 Å². The maximum absolute atomic E-state index is 11.7. The van der Waals surface area contributed by atoms with Crippen LogP contribution < -0.4 is 5.32 Å². The largest absolute Gasteiger partial charge is 0.390 e. The van der Waals surface area contributed by atoms with Crippen molar-refractivity contribution in [2.45, 2.75) is 6.10 Å². The minimum atomic E-state index is -0.555. The Bertz CT molecular complexity index is 383. The van der Waals surface area contributed by atoms with E-state index in [1.165, 1.54) is 0 Å². The van der Waals surface area contributed by atoms with Gasteiger partial charge >= 0.3 is 0 Å². The minimum absolute atomic E-state index is 0.177. The van der Waals surface area contributed by atoms with Gasteiger partial charge < -0.3 is 15.3 Å². The SMILES string of the molecule is CN(C)CC(O)CNC(=O)c1cccc(Br)c1. The fraction of sp³-hybridized carbons (Fsp3) is 0.417. The van der Waals surface area contributed by atoms with E-state index in [0.29, 0.717) is 12.1 Å². The zero-order chi connectivity index (χ0) is 12.8. The van der Waals surface area contributed by atoms with Gasteiger partial charge in [-0.1, -0.05) is 22.0 Å². The average molecular weight is 301 g/mol. The Morgan fingerprint density at radius 3 is 2.82 bits per heavy atom. The number of halogens is 1. The molecule has 94 valence electrons. The molecule has 5 heteroatoms. The zero-order valence-corrected chi connectivity index (χ0v) is 11.6. The summed E-state index contributed by atoms with van der Waals surface area (Å²) in [6.45, 7) is 0.780. The maximum Gasteiger partial charge on any atom is 0.251 e. The van der Waals surface area contributed by atoms with Crippen LogP contribution in [0.4, 0.5) is 0 Å². The summed E-state index contributed by atoms with van der Waals surface area (Å²) in [5, 5.41) is 12.3. The number of carbonyl (C=O) groups excluding carboxylic acids is 1. The number of hydrogen-bond acceptors (Lipinski definition) is 3. The van der Waals surface area contributed by atoms with Gasteiger partial charge in [-0.25, -0.2) is 0 Å². The summed E-state index contributed by atoms with van der Waals surface area (Å²) in [7, 11) is 3.75. The molecule has 0 radical (unpaired) electrons. The number of hydrogen-bond donors (Lipinski definition) is 2. The van der Waals surface area contributed by atoms with Crippen LogP contribution in [-0.2, 0) is 0 Å². The van der Waals surface area contributed by atoms with Crippen molar-refractivity contribution in [3.63, 3.8) is 0 Å². The summed E-state index contributed by atoms with van der Waals surface area (Å²) in [5.41, 5.74) is 0.580. The number of amides is 1. The maximum atomic E-state index is 11.7. The Labute approximate surface area is 110 Å². The molecule has 4 nitrogen and oxygen atoms in total. The predicted octanol–water partition coefficient (Wildman–Crippen LogP) is 1.10. The van der Waals surface area contributed by atoms with Gasteiger partial charge in [0.1, 0.15) is 0 Å². The highest BCUT2D eigenvalue weighted by Crippen LogP contribution is 2.11. The summed E-state index contributed by atoms with van der Waals surface area (Å²) in [6, 6.07) is 7.14. The first-order valence-corrected chi connectivity index (χ1v) is 6.15. The number of likely N-dealkylation sites (N-methyl/N-ethyl adjacent to an activating group) is 1. The Balaban J connectivity index is 2.45. The van der Waals surface area contributed by atoms with E-state index < -0.39 is 6.10 Å². The fourth-order valence-electron chi connectivity index (χ4n) is 1.43. The van der Waals surface area contributed by atoms with E-state index in [0.717, 1.165) is 4.47 Å². The highest BCUT2D eigenvalue weighted by atomic mass is 79.9. The molecule has 1 rings (SSSR count). The second-order valence-electron chi connectivity index (χ2n) is 4.14. The van der Waals surface area contributed by atoms with E-state index in [2.05, 4.69) is 21.2 Å². The molecule has 17 heavy (non-hydrogen) atoms. The molecule has 1 unspecified atom stereocenters. The van der Waals surface area contributed by atoms with Gasteiger partial charge in [-0.3, -0.25) is 4.79 Å². The highest BCUT2D eigenvalue weighted by molar-refractivity contribution is 9.10. The van der Waals surface area contributed by atoms with E-state index in [-0.39, 0.29) is 12.5 Å². The average Bonchev–Trinajstić information content (AvgIpc) is 2.25. The van der Waals surface area contributed by atoms with Crippen LogP contribution in [0.15, 0.2) is 28.7 Å². The van der Waals surface area contributed by atoms with Gasteiger partial charge in [0.2, 0.25) is 0 Å². The molecule has 0 heterocycles. The second-order valence-corrected chi connectivity index (χ2v) is 5.05. The van der Waals surface area contributed by atoms with Gasteiger partial charge in [-0.05, 0) is 32.3 Å². The number of nitrogens with zero attached hydrogens (tertiary/aromatic N) is 1. The first kappa shape index (κ1) is 14.2. The number of carbonyl (C=O) groups is 1. The van der Waals surface area contributed by atoms with E-state index in [4.69, 9.17) is 0 Å². The minimum Gasteiger partial charge on any atom is -0.390 e. The third-order valence-corrected chi connectivity index (χ3v) is 2.65. The molecule has 0 aliphatic heterocycles. The topological polar surface area (TPSA) is 52.6 Å². The van der Waals surface area contributed by atoms with Crippen molar-refractivity contribution in [3.8, 4) is 0 Å². The number of rotatable bonds is 5. The van der Waals surface area contributed by atoms with Crippen LogP contribution in [0.25, 0.3) is 0 Å². The Morgan fingerprint density at radius 2 is 2.24 bits per heavy atom. The van der Waals surface area contributed by atoms with Crippen LogP contribution >= 0.6 is 15.9 Å². The summed E-state index contributed by atoms with van der Waals surface area (Å²) in [6.07, 6.45) is -0.555. The lowest BCUT2D eigenvalue weighted by Gasteiger charge is -2.16. The molecular weight excluding hydrogens is 284 g/mol. The molecule has 0 saturated carbocycles. The number of benzene rings is 1. The summed E-state index contributed by atoms with van der Waals surface area (Å²) >= 11 is 3.31. The first-order valence-electron chi connectivity index (χ1n) is 5.35. The van der Waals surface area contributed by atoms with E-state index in [1.807, 2.05) is 25.1 Å². The third kappa shape index (κ3) is 5.30. The van der Waals surface area contributed by atoms with Crippen molar-refractivity contribution in [1.82, 2.24) is 10.2 Å². The zero-order valence-electron chi connectivity index (χ0n) is 9.98. The van der Waals surface area contributed by atoms with Crippen LogP contribution in [-0.4, -0.2) is 49.2 Å². The lowest BCUT2D eigenvalue weighted by molar-refractivity contribution is 0.0892. The van der Waals surface area contributed by atoms with Crippen molar-refractivity contribution in [2.75, 3.05) is 27.2 Å². The number of aliphatic hydroxyl groups excluding tert-OH is 1.